The van der Waals surface area contributed by atoms with Gasteiger partial charge >= 0.3 is 5.97 Å². The maximum Gasteiger partial charge on any atom is 0.306 e. The van der Waals surface area contributed by atoms with E-state index in [1.807, 2.05) is 6.92 Å². The lowest BCUT2D eigenvalue weighted by atomic mass is 9.86. The van der Waals surface area contributed by atoms with E-state index in [0.717, 1.165) is 18.5 Å². The Morgan fingerprint density at radius 2 is 2.05 bits per heavy atom. The molecule has 1 heterocycles. The first kappa shape index (κ1) is 14.1. The molecule has 3 heteroatoms. The molecule has 1 aliphatic heterocycles. The van der Waals surface area contributed by atoms with Gasteiger partial charge in [-0.2, -0.15) is 0 Å². The number of carbonyl (C=O) groups excluding carboxylic acids is 1. The molecule has 1 aromatic carbocycles. The highest BCUT2D eigenvalue weighted by molar-refractivity contribution is 5.70. The molecule has 19 heavy (non-hydrogen) atoms. The summed E-state index contributed by atoms with van der Waals surface area (Å²) in [5, 5.41) is 0. The fourth-order valence-electron chi connectivity index (χ4n) is 2.79. The van der Waals surface area contributed by atoms with Gasteiger partial charge in [0, 0.05) is 19.4 Å². The molecule has 2 atom stereocenters. The molecule has 1 fully saturated rings. The van der Waals surface area contributed by atoms with E-state index in [9.17, 15) is 4.79 Å². The standard InChI is InChI=1S/C16H23NO2/c1-5-15(18)19-16(10-11-17(4)13(16)3)14-8-6-12(2)7-9-14/h6-9,13H,5,10-11H2,1-4H3. The van der Waals surface area contributed by atoms with Crippen molar-refractivity contribution in [1.29, 1.82) is 0 Å². The Morgan fingerprint density at radius 1 is 1.42 bits per heavy atom. The number of carbonyl (C=O) groups is 1. The molecule has 2 unspecified atom stereocenters. The number of hydrogen-bond acceptors (Lipinski definition) is 3. The molecule has 1 saturated heterocycles. The molecule has 2 rings (SSSR count). The van der Waals surface area contributed by atoms with Crippen molar-refractivity contribution < 1.29 is 9.53 Å². The van der Waals surface area contributed by atoms with Gasteiger partial charge in [-0.25, -0.2) is 0 Å². The van der Waals surface area contributed by atoms with Crippen LogP contribution in [0.4, 0.5) is 0 Å². The third-order valence-corrected chi connectivity index (χ3v) is 4.30. The summed E-state index contributed by atoms with van der Waals surface area (Å²) in [7, 11) is 2.08. The highest BCUT2D eigenvalue weighted by Gasteiger charge is 2.47. The van der Waals surface area contributed by atoms with Crippen molar-refractivity contribution in [1.82, 2.24) is 4.90 Å². The Labute approximate surface area is 115 Å². The number of esters is 1. The van der Waals surface area contributed by atoms with E-state index in [1.165, 1.54) is 5.56 Å². The van der Waals surface area contributed by atoms with Crippen LogP contribution in [0.25, 0.3) is 0 Å². The number of nitrogens with zero attached hydrogens (tertiary/aromatic N) is 1. The first-order chi connectivity index (χ1) is 8.99. The molecule has 0 saturated carbocycles. The van der Waals surface area contributed by atoms with E-state index < -0.39 is 5.60 Å². The van der Waals surface area contributed by atoms with E-state index >= 15 is 0 Å². The lowest BCUT2D eigenvalue weighted by Gasteiger charge is -2.35. The zero-order valence-electron chi connectivity index (χ0n) is 12.3. The largest absolute Gasteiger partial charge is 0.452 e. The number of aryl methyl sites for hydroxylation is 1. The van der Waals surface area contributed by atoms with Crippen LogP contribution in [0, 0.1) is 6.92 Å². The highest BCUT2D eigenvalue weighted by Crippen LogP contribution is 2.40. The van der Waals surface area contributed by atoms with Crippen molar-refractivity contribution in [3.05, 3.63) is 35.4 Å². The van der Waals surface area contributed by atoms with Crippen molar-refractivity contribution in [2.75, 3.05) is 13.6 Å². The number of likely N-dealkylation sites (N-methyl/N-ethyl adjacent to an activating group) is 1. The number of benzene rings is 1. The van der Waals surface area contributed by atoms with Crippen molar-refractivity contribution in [2.24, 2.45) is 0 Å². The Morgan fingerprint density at radius 3 is 2.53 bits per heavy atom. The average molecular weight is 261 g/mol. The highest BCUT2D eigenvalue weighted by atomic mass is 16.6. The van der Waals surface area contributed by atoms with Gasteiger partial charge in [-0.05, 0) is 26.5 Å². The summed E-state index contributed by atoms with van der Waals surface area (Å²) in [6.45, 7) is 7.00. The van der Waals surface area contributed by atoms with Crippen molar-refractivity contribution in [3.63, 3.8) is 0 Å². The van der Waals surface area contributed by atoms with Crippen LogP contribution < -0.4 is 0 Å². The molecule has 1 aromatic rings. The number of ether oxygens (including phenoxy) is 1. The number of rotatable bonds is 3. The maximum absolute atomic E-state index is 11.8. The second-order valence-electron chi connectivity index (χ2n) is 5.49. The maximum atomic E-state index is 11.8. The minimum Gasteiger partial charge on any atom is -0.452 e. The quantitative estimate of drug-likeness (QED) is 0.784. The minimum atomic E-state index is -0.491. The second-order valence-corrected chi connectivity index (χ2v) is 5.49. The lowest BCUT2D eigenvalue weighted by Crippen LogP contribution is -2.42. The molecule has 0 radical (unpaired) electrons. The van der Waals surface area contributed by atoms with Gasteiger partial charge in [-0.1, -0.05) is 36.8 Å². The van der Waals surface area contributed by atoms with E-state index in [0.29, 0.717) is 6.42 Å². The third-order valence-electron chi connectivity index (χ3n) is 4.30. The summed E-state index contributed by atoms with van der Waals surface area (Å²) < 4.78 is 5.88. The molecular formula is C16H23NO2. The molecule has 1 aliphatic rings. The van der Waals surface area contributed by atoms with Crippen LogP contribution in [0.5, 0.6) is 0 Å². The third kappa shape index (κ3) is 2.52. The van der Waals surface area contributed by atoms with Crippen LogP contribution in [-0.4, -0.2) is 30.5 Å². The first-order valence-corrected chi connectivity index (χ1v) is 6.99. The molecule has 0 spiro atoms. The second kappa shape index (κ2) is 5.33. The van der Waals surface area contributed by atoms with Gasteiger partial charge < -0.3 is 4.74 Å². The predicted molar refractivity (Wildman–Crippen MR) is 75.9 cm³/mol. The SMILES string of the molecule is CCC(=O)OC1(c2ccc(C)cc2)CCN(C)C1C. The van der Waals surface area contributed by atoms with Crippen LogP contribution >= 0.6 is 0 Å². The van der Waals surface area contributed by atoms with Gasteiger partial charge in [0.1, 0.15) is 0 Å². The summed E-state index contributed by atoms with van der Waals surface area (Å²) in [6, 6.07) is 8.55. The monoisotopic (exact) mass is 261 g/mol. The lowest BCUT2D eigenvalue weighted by molar-refractivity contribution is -0.163. The summed E-state index contributed by atoms with van der Waals surface area (Å²) in [4.78, 5) is 14.1. The predicted octanol–water partition coefficient (Wildman–Crippen LogP) is 2.87. The summed E-state index contributed by atoms with van der Waals surface area (Å²) in [5.41, 5.74) is 1.84. The van der Waals surface area contributed by atoms with Gasteiger partial charge in [0.15, 0.2) is 5.60 Å². The molecule has 104 valence electrons. The molecule has 0 aliphatic carbocycles. The Kier molecular flexibility index (Phi) is 3.95. The Hall–Kier alpha value is -1.35. The van der Waals surface area contributed by atoms with Crippen LogP contribution in [-0.2, 0) is 15.1 Å². The van der Waals surface area contributed by atoms with Crippen LogP contribution in [0.2, 0.25) is 0 Å². The van der Waals surface area contributed by atoms with Crippen LogP contribution in [0.1, 0.15) is 37.8 Å². The van der Waals surface area contributed by atoms with Crippen molar-refractivity contribution >= 4 is 5.97 Å². The van der Waals surface area contributed by atoms with Crippen molar-refractivity contribution in [2.45, 2.75) is 45.3 Å². The van der Waals surface area contributed by atoms with Gasteiger partial charge in [0.05, 0.1) is 6.04 Å². The average Bonchev–Trinajstić information content (AvgIpc) is 2.69. The first-order valence-electron chi connectivity index (χ1n) is 6.99. The summed E-state index contributed by atoms with van der Waals surface area (Å²) in [5.74, 6) is -0.122. The van der Waals surface area contributed by atoms with E-state index in [2.05, 4.69) is 50.1 Å². The molecule has 0 bridgehead atoms. The number of hydrogen-bond donors (Lipinski definition) is 0. The molecule has 0 amide bonds. The topological polar surface area (TPSA) is 29.5 Å². The van der Waals surface area contributed by atoms with E-state index in [1.54, 1.807) is 0 Å². The molecule has 0 aromatic heterocycles. The smallest absolute Gasteiger partial charge is 0.306 e. The Bertz CT molecular complexity index is 454. The zero-order chi connectivity index (χ0) is 14.0. The normalized spacial score (nSPS) is 27.5. The van der Waals surface area contributed by atoms with Crippen LogP contribution in [0.3, 0.4) is 0 Å². The molecule has 3 nitrogen and oxygen atoms in total. The van der Waals surface area contributed by atoms with Crippen LogP contribution in [0.15, 0.2) is 24.3 Å². The van der Waals surface area contributed by atoms with Gasteiger partial charge in [0.25, 0.3) is 0 Å². The van der Waals surface area contributed by atoms with Gasteiger partial charge in [-0.15, -0.1) is 0 Å². The van der Waals surface area contributed by atoms with Crippen molar-refractivity contribution in [3.8, 4) is 0 Å². The zero-order valence-corrected chi connectivity index (χ0v) is 12.3. The van der Waals surface area contributed by atoms with Gasteiger partial charge in [-0.3, -0.25) is 9.69 Å². The minimum absolute atomic E-state index is 0.122. The summed E-state index contributed by atoms with van der Waals surface area (Å²) in [6.07, 6.45) is 1.28. The fraction of sp³-hybridized carbons (Fsp3) is 0.562. The molecular weight excluding hydrogens is 238 g/mol. The van der Waals surface area contributed by atoms with E-state index in [-0.39, 0.29) is 12.0 Å². The molecule has 0 N–H and O–H groups in total. The fourth-order valence-corrected chi connectivity index (χ4v) is 2.79. The van der Waals surface area contributed by atoms with E-state index in [4.69, 9.17) is 4.74 Å². The number of likely N-dealkylation sites (tertiary alicyclic amines) is 1. The Balaban J connectivity index is 2.39. The van der Waals surface area contributed by atoms with Gasteiger partial charge in [0.2, 0.25) is 0 Å². The summed E-state index contributed by atoms with van der Waals surface area (Å²) >= 11 is 0.